The maximum Gasteiger partial charge on any atom is 0.204 e. The molecular weight excluding hydrogens is 256 g/mol. The molecule has 1 aromatic carbocycles. The average molecular weight is 268 g/mol. The third-order valence-corrected chi connectivity index (χ3v) is 3.95. The zero-order valence-electron chi connectivity index (χ0n) is 10.5. The van der Waals surface area contributed by atoms with E-state index >= 15 is 0 Å². The lowest BCUT2D eigenvalue weighted by molar-refractivity contribution is 0.0983. The number of nitrogens with zero attached hydrogens (tertiary/aromatic N) is 2. The Bertz CT molecular complexity index is 731. The average Bonchev–Trinajstić information content (AvgIpc) is 2.83. The van der Waals surface area contributed by atoms with Crippen LogP contribution in [-0.2, 0) is 6.42 Å². The summed E-state index contributed by atoms with van der Waals surface area (Å²) in [6.45, 7) is 1.90. The predicted molar refractivity (Wildman–Crippen MR) is 76.6 cm³/mol. The fourth-order valence-electron chi connectivity index (χ4n) is 1.96. The van der Waals surface area contributed by atoms with Gasteiger partial charge in [0.15, 0.2) is 5.82 Å². The Hall–Kier alpha value is -2.07. The highest BCUT2D eigenvalue weighted by molar-refractivity contribution is 7.17. The maximum atomic E-state index is 12.1. The van der Waals surface area contributed by atoms with E-state index in [0.717, 1.165) is 16.5 Å². The fraction of sp³-hybridized carbons (Fsp3) is 0.133. The largest absolute Gasteiger partial charge is 0.290 e. The van der Waals surface area contributed by atoms with Gasteiger partial charge in [-0.05, 0) is 34.9 Å². The Labute approximate surface area is 115 Å². The first-order chi connectivity index (χ1) is 9.24. The van der Waals surface area contributed by atoms with Crippen LogP contribution in [0.1, 0.15) is 21.7 Å². The summed E-state index contributed by atoms with van der Waals surface area (Å²) in [7, 11) is 0. The number of hydrogen-bond donors (Lipinski definition) is 0. The van der Waals surface area contributed by atoms with Crippen molar-refractivity contribution in [2.24, 2.45) is 0 Å². The first-order valence-electron chi connectivity index (χ1n) is 6.01. The number of ketones is 1. The standard InChI is InChI=1S/C15H12N2OS/c1-10-7-16-15(17-8-10)13(18)6-11-9-19-14-5-3-2-4-12(11)14/h2-5,7-9H,6H2,1H3. The number of aromatic nitrogens is 2. The molecule has 4 heteroatoms. The van der Waals surface area contributed by atoms with Crippen LogP contribution in [0, 0.1) is 6.92 Å². The van der Waals surface area contributed by atoms with Crippen molar-refractivity contribution in [3.63, 3.8) is 0 Å². The van der Waals surface area contributed by atoms with Crippen molar-refractivity contribution in [2.45, 2.75) is 13.3 Å². The number of benzene rings is 1. The van der Waals surface area contributed by atoms with Gasteiger partial charge in [-0.15, -0.1) is 11.3 Å². The van der Waals surface area contributed by atoms with Crippen LogP contribution < -0.4 is 0 Å². The summed E-state index contributed by atoms with van der Waals surface area (Å²) in [6, 6.07) is 8.11. The molecule has 0 radical (unpaired) electrons. The van der Waals surface area contributed by atoms with Gasteiger partial charge in [0.05, 0.1) is 0 Å². The number of rotatable bonds is 3. The van der Waals surface area contributed by atoms with Crippen molar-refractivity contribution in [2.75, 3.05) is 0 Å². The second-order valence-electron chi connectivity index (χ2n) is 4.44. The van der Waals surface area contributed by atoms with Gasteiger partial charge in [0.25, 0.3) is 0 Å². The van der Waals surface area contributed by atoms with E-state index in [1.165, 1.54) is 4.70 Å². The van der Waals surface area contributed by atoms with Gasteiger partial charge >= 0.3 is 0 Å². The third-order valence-electron chi connectivity index (χ3n) is 2.94. The van der Waals surface area contributed by atoms with Gasteiger partial charge in [0, 0.05) is 23.5 Å². The highest BCUT2D eigenvalue weighted by Gasteiger charge is 2.12. The molecule has 94 valence electrons. The summed E-state index contributed by atoms with van der Waals surface area (Å²) in [5.74, 6) is 0.254. The van der Waals surface area contributed by atoms with E-state index in [9.17, 15) is 4.79 Å². The van der Waals surface area contributed by atoms with Gasteiger partial charge in [-0.2, -0.15) is 0 Å². The minimum atomic E-state index is -0.0384. The molecule has 3 rings (SSSR count). The summed E-state index contributed by atoms with van der Waals surface area (Å²) in [5, 5.41) is 3.18. The zero-order valence-corrected chi connectivity index (χ0v) is 11.3. The van der Waals surface area contributed by atoms with Crippen LogP contribution in [-0.4, -0.2) is 15.8 Å². The van der Waals surface area contributed by atoms with Crippen molar-refractivity contribution in [3.8, 4) is 0 Å². The Morgan fingerprint density at radius 2 is 1.95 bits per heavy atom. The van der Waals surface area contributed by atoms with Crippen LogP contribution in [0.15, 0.2) is 42.0 Å². The molecule has 0 saturated carbocycles. The second-order valence-corrected chi connectivity index (χ2v) is 5.35. The molecule has 0 fully saturated rings. The lowest BCUT2D eigenvalue weighted by atomic mass is 10.1. The van der Waals surface area contributed by atoms with E-state index in [1.54, 1.807) is 23.7 Å². The molecule has 0 saturated heterocycles. The number of carbonyl (C=O) groups is 1. The monoisotopic (exact) mass is 268 g/mol. The molecule has 0 amide bonds. The second kappa shape index (κ2) is 4.90. The SMILES string of the molecule is Cc1cnc(C(=O)Cc2csc3ccccc23)nc1. The zero-order chi connectivity index (χ0) is 13.2. The molecule has 0 spiro atoms. The molecule has 0 aliphatic rings. The van der Waals surface area contributed by atoms with E-state index in [4.69, 9.17) is 0 Å². The predicted octanol–water partition coefficient (Wildman–Crippen LogP) is 3.43. The smallest absolute Gasteiger partial charge is 0.204 e. The van der Waals surface area contributed by atoms with Gasteiger partial charge in [-0.1, -0.05) is 18.2 Å². The van der Waals surface area contributed by atoms with Crippen molar-refractivity contribution in [1.29, 1.82) is 0 Å². The molecule has 2 heterocycles. The van der Waals surface area contributed by atoms with E-state index in [0.29, 0.717) is 12.2 Å². The van der Waals surface area contributed by atoms with Crippen LogP contribution >= 0.6 is 11.3 Å². The molecule has 0 aliphatic carbocycles. The quantitative estimate of drug-likeness (QED) is 0.683. The van der Waals surface area contributed by atoms with Crippen LogP contribution in [0.4, 0.5) is 0 Å². The normalized spacial score (nSPS) is 10.8. The molecule has 0 bridgehead atoms. The molecule has 0 unspecified atom stereocenters. The van der Waals surface area contributed by atoms with Crippen molar-refractivity contribution in [1.82, 2.24) is 9.97 Å². The third kappa shape index (κ3) is 2.39. The van der Waals surface area contributed by atoms with Gasteiger partial charge in [0.2, 0.25) is 5.78 Å². The molecule has 19 heavy (non-hydrogen) atoms. The highest BCUT2D eigenvalue weighted by atomic mass is 32.1. The van der Waals surface area contributed by atoms with Crippen LogP contribution in [0.2, 0.25) is 0 Å². The van der Waals surface area contributed by atoms with Gasteiger partial charge in [0.1, 0.15) is 0 Å². The summed E-state index contributed by atoms with van der Waals surface area (Å²) < 4.78 is 1.20. The maximum absolute atomic E-state index is 12.1. The molecular formula is C15H12N2OS. The Morgan fingerprint density at radius 1 is 1.21 bits per heavy atom. The lowest BCUT2D eigenvalue weighted by Crippen LogP contribution is -2.08. The molecule has 3 aromatic rings. The number of Topliss-reactive ketones (excluding diaryl/α,β-unsaturated/α-hetero) is 1. The summed E-state index contributed by atoms with van der Waals surface area (Å²) in [4.78, 5) is 20.3. The molecule has 2 aromatic heterocycles. The van der Waals surface area contributed by atoms with Crippen molar-refractivity contribution in [3.05, 3.63) is 59.0 Å². The van der Waals surface area contributed by atoms with Crippen molar-refractivity contribution < 1.29 is 4.79 Å². The minimum absolute atomic E-state index is 0.0384. The molecule has 0 aliphatic heterocycles. The highest BCUT2D eigenvalue weighted by Crippen LogP contribution is 2.26. The summed E-state index contributed by atoms with van der Waals surface area (Å²) in [5.41, 5.74) is 2.01. The number of hydrogen-bond acceptors (Lipinski definition) is 4. The summed E-state index contributed by atoms with van der Waals surface area (Å²) in [6.07, 6.45) is 3.70. The molecule has 3 nitrogen and oxygen atoms in total. The lowest BCUT2D eigenvalue weighted by Gasteiger charge is -1.99. The van der Waals surface area contributed by atoms with E-state index in [-0.39, 0.29) is 5.78 Å². The number of aryl methyl sites for hydroxylation is 1. The fourth-order valence-corrected chi connectivity index (χ4v) is 2.92. The van der Waals surface area contributed by atoms with Gasteiger partial charge in [-0.25, -0.2) is 9.97 Å². The number of fused-ring (bicyclic) bond motifs is 1. The van der Waals surface area contributed by atoms with Gasteiger partial charge in [-0.3, -0.25) is 4.79 Å². The van der Waals surface area contributed by atoms with E-state index in [2.05, 4.69) is 16.0 Å². The first-order valence-corrected chi connectivity index (χ1v) is 6.89. The minimum Gasteiger partial charge on any atom is -0.290 e. The Kier molecular flexibility index (Phi) is 3.09. The number of thiophene rings is 1. The Morgan fingerprint density at radius 3 is 2.74 bits per heavy atom. The number of carbonyl (C=O) groups excluding carboxylic acids is 1. The van der Waals surface area contributed by atoms with Crippen molar-refractivity contribution >= 4 is 27.2 Å². The Balaban J connectivity index is 1.89. The molecule has 0 atom stereocenters. The van der Waals surface area contributed by atoms with E-state index in [1.807, 2.05) is 30.5 Å². The topological polar surface area (TPSA) is 42.9 Å². The van der Waals surface area contributed by atoms with Crippen LogP contribution in [0.5, 0.6) is 0 Å². The van der Waals surface area contributed by atoms with Crippen LogP contribution in [0.25, 0.3) is 10.1 Å². The van der Waals surface area contributed by atoms with E-state index < -0.39 is 0 Å². The molecule has 0 N–H and O–H groups in total. The van der Waals surface area contributed by atoms with Gasteiger partial charge < -0.3 is 0 Å². The summed E-state index contributed by atoms with van der Waals surface area (Å²) >= 11 is 1.66. The first kappa shape index (κ1) is 12.0. The van der Waals surface area contributed by atoms with Crippen LogP contribution in [0.3, 0.4) is 0 Å².